The number of hydrogen-bond acceptors (Lipinski definition) is 1. The Morgan fingerprint density at radius 1 is 1.00 bits per heavy atom. The summed E-state index contributed by atoms with van der Waals surface area (Å²) in [6, 6.07) is 12.2. The van der Waals surface area contributed by atoms with E-state index >= 15 is 0 Å². The second kappa shape index (κ2) is 4.64. The molecule has 20 heavy (non-hydrogen) atoms. The van der Waals surface area contributed by atoms with Crippen LogP contribution in [0.25, 0.3) is 22.2 Å². The molecule has 0 aliphatic heterocycles. The standard InChI is InChI=1S/C18H17NO/c1-11-8-12(2)17(13(3)9-11)18-15(10-20)14-6-4-5-7-16(14)19-18/h4-10,19H,1-3H3. The molecule has 0 aliphatic carbocycles. The van der Waals surface area contributed by atoms with E-state index < -0.39 is 0 Å². The third-order valence-corrected chi connectivity index (χ3v) is 3.79. The van der Waals surface area contributed by atoms with E-state index in [9.17, 15) is 4.79 Å². The number of aryl methyl sites for hydroxylation is 3. The van der Waals surface area contributed by atoms with Crippen LogP contribution < -0.4 is 0 Å². The first-order chi connectivity index (χ1) is 9.61. The minimum Gasteiger partial charge on any atom is -0.354 e. The zero-order chi connectivity index (χ0) is 14.3. The summed E-state index contributed by atoms with van der Waals surface area (Å²) in [6.07, 6.45) is 0.951. The number of benzene rings is 2. The molecule has 0 saturated carbocycles. The fourth-order valence-corrected chi connectivity index (χ4v) is 3.06. The first-order valence-electron chi connectivity index (χ1n) is 6.76. The molecule has 0 saturated heterocycles. The highest BCUT2D eigenvalue weighted by atomic mass is 16.1. The van der Waals surface area contributed by atoms with Crippen LogP contribution in [0.3, 0.4) is 0 Å². The van der Waals surface area contributed by atoms with Gasteiger partial charge in [-0.2, -0.15) is 0 Å². The number of aldehydes is 1. The number of rotatable bonds is 2. The smallest absolute Gasteiger partial charge is 0.152 e. The van der Waals surface area contributed by atoms with Crippen LogP contribution in [0.1, 0.15) is 27.0 Å². The summed E-state index contributed by atoms with van der Waals surface area (Å²) < 4.78 is 0. The zero-order valence-electron chi connectivity index (χ0n) is 11.9. The third-order valence-electron chi connectivity index (χ3n) is 3.79. The second-order valence-electron chi connectivity index (χ2n) is 5.35. The van der Waals surface area contributed by atoms with Crippen LogP contribution in [0.2, 0.25) is 0 Å². The quantitative estimate of drug-likeness (QED) is 0.675. The zero-order valence-corrected chi connectivity index (χ0v) is 11.9. The van der Waals surface area contributed by atoms with Gasteiger partial charge in [0.1, 0.15) is 0 Å². The van der Waals surface area contributed by atoms with E-state index in [0.29, 0.717) is 0 Å². The van der Waals surface area contributed by atoms with E-state index in [0.717, 1.165) is 34.0 Å². The molecule has 0 amide bonds. The maximum absolute atomic E-state index is 11.5. The van der Waals surface area contributed by atoms with Gasteiger partial charge in [0.15, 0.2) is 6.29 Å². The monoisotopic (exact) mass is 263 g/mol. The lowest BCUT2D eigenvalue weighted by Gasteiger charge is -2.10. The van der Waals surface area contributed by atoms with Crippen molar-refractivity contribution in [2.24, 2.45) is 0 Å². The van der Waals surface area contributed by atoms with Gasteiger partial charge in [-0.05, 0) is 38.0 Å². The predicted molar refractivity (Wildman–Crippen MR) is 83.3 cm³/mol. The average Bonchev–Trinajstić information content (AvgIpc) is 2.75. The number of nitrogens with one attached hydrogen (secondary N) is 1. The van der Waals surface area contributed by atoms with Crippen LogP contribution >= 0.6 is 0 Å². The molecule has 0 unspecified atom stereocenters. The number of aromatic nitrogens is 1. The molecule has 0 aliphatic rings. The Kier molecular flexibility index (Phi) is 2.94. The normalized spacial score (nSPS) is 10.9. The Labute approximate surface area is 118 Å². The third kappa shape index (κ3) is 1.85. The highest BCUT2D eigenvalue weighted by Crippen LogP contribution is 2.33. The molecule has 3 rings (SSSR count). The topological polar surface area (TPSA) is 32.9 Å². The van der Waals surface area contributed by atoms with Crippen molar-refractivity contribution in [1.82, 2.24) is 4.98 Å². The Hall–Kier alpha value is -2.35. The van der Waals surface area contributed by atoms with Crippen LogP contribution in [-0.2, 0) is 0 Å². The van der Waals surface area contributed by atoms with Gasteiger partial charge in [-0.15, -0.1) is 0 Å². The lowest BCUT2D eigenvalue weighted by molar-refractivity contribution is 0.112. The van der Waals surface area contributed by atoms with Gasteiger partial charge >= 0.3 is 0 Å². The van der Waals surface area contributed by atoms with Crippen molar-refractivity contribution in [2.45, 2.75) is 20.8 Å². The molecule has 2 heteroatoms. The van der Waals surface area contributed by atoms with E-state index in [2.05, 4.69) is 37.9 Å². The molecule has 100 valence electrons. The van der Waals surface area contributed by atoms with Crippen molar-refractivity contribution < 1.29 is 4.79 Å². The van der Waals surface area contributed by atoms with Crippen molar-refractivity contribution in [1.29, 1.82) is 0 Å². The molecule has 1 N–H and O–H groups in total. The minimum absolute atomic E-state index is 0.746. The van der Waals surface area contributed by atoms with Gasteiger partial charge in [0.25, 0.3) is 0 Å². The Bertz CT molecular complexity index is 788. The van der Waals surface area contributed by atoms with Crippen LogP contribution in [0.5, 0.6) is 0 Å². The average molecular weight is 263 g/mol. The number of fused-ring (bicyclic) bond motifs is 1. The van der Waals surface area contributed by atoms with Gasteiger partial charge < -0.3 is 4.98 Å². The molecule has 0 bridgehead atoms. The van der Waals surface area contributed by atoms with E-state index in [4.69, 9.17) is 0 Å². The van der Waals surface area contributed by atoms with Crippen molar-refractivity contribution >= 4 is 17.2 Å². The lowest BCUT2D eigenvalue weighted by Crippen LogP contribution is -1.93. The summed E-state index contributed by atoms with van der Waals surface area (Å²) in [6.45, 7) is 6.28. The SMILES string of the molecule is Cc1cc(C)c(-c2[nH]c3ccccc3c2C=O)c(C)c1. The van der Waals surface area contributed by atoms with Crippen molar-refractivity contribution in [3.63, 3.8) is 0 Å². The number of carbonyl (C=O) groups excluding carboxylic acids is 1. The van der Waals surface area contributed by atoms with Gasteiger partial charge in [-0.3, -0.25) is 4.79 Å². The molecule has 2 aromatic carbocycles. The Morgan fingerprint density at radius 2 is 1.65 bits per heavy atom. The fourth-order valence-electron chi connectivity index (χ4n) is 3.06. The number of aromatic amines is 1. The van der Waals surface area contributed by atoms with E-state index in [1.807, 2.05) is 24.3 Å². The number of hydrogen-bond donors (Lipinski definition) is 1. The van der Waals surface area contributed by atoms with Crippen LogP contribution in [0, 0.1) is 20.8 Å². The minimum atomic E-state index is 0.746. The number of carbonyl (C=O) groups is 1. The molecule has 0 fully saturated rings. The number of para-hydroxylation sites is 1. The summed E-state index contributed by atoms with van der Waals surface area (Å²) in [7, 11) is 0. The summed E-state index contributed by atoms with van der Waals surface area (Å²) in [5, 5.41) is 0.983. The fraction of sp³-hybridized carbons (Fsp3) is 0.167. The molecular weight excluding hydrogens is 246 g/mol. The summed E-state index contributed by atoms with van der Waals surface area (Å²) in [5.74, 6) is 0. The molecule has 2 nitrogen and oxygen atoms in total. The van der Waals surface area contributed by atoms with Gasteiger partial charge in [0, 0.05) is 22.0 Å². The highest BCUT2D eigenvalue weighted by molar-refractivity contribution is 6.04. The van der Waals surface area contributed by atoms with Crippen LogP contribution in [-0.4, -0.2) is 11.3 Å². The second-order valence-corrected chi connectivity index (χ2v) is 5.35. The van der Waals surface area contributed by atoms with Crippen LogP contribution in [0.4, 0.5) is 0 Å². The maximum atomic E-state index is 11.5. The molecule has 1 aromatic heterocycles. The van der Waals surface area contributed by atoms with E-state index in [1.165, 1.54) is 16.7 Å². The Balaban J connectivity index is 2.38. The maximum Gasteiger partial charge on any atom is 0.152 e. The molecule has 3 aromatic rings. The lowest BCUT2D eigenvalue weighted by atomic mass is 9.95. The van der Waals surface area contributed by atoms with E-state index in [1.54, 1.807) is 0 Å². The first kappa shape index (κ1) is 12.7. The van der Waals surface area contributed by atoms with Gasteiger partial charge in [-0.25, -0.2) is 0 Å². The number of H-pyrrole nitrogens is 1. The summed E-state index contributed by atoms with van der Waals surface area (Å²) >= 11 is 0. The van der Waals surface area contributed by atoms with E-state index in [-0.39, 0.29) is 0 Å². The van der Waals surface area contributed by atoms with Gasteiger partial charge in [0.2, 0.25) is 0 Å². The predicted octanol–water partition coefficient (Wildman–Crippen LogP) is 4.57. The largest absolute Gasteiger partial charge is 0.354 e. The summed E-state index contributed by atoms with van der Waals surface area (Å²) in [5.41, 5.74) is 7.44. The molecule has 0 atom stereocenters. The molecule has 1 heterocycles. The van der Waals surface area contributed by atoms with Gasteiger partial charge in [-0.1, -0.05) is 35.9 Å². The van der Waals surface area contributed by atoms with Crippen molar-refractivity contribution in [2.75, 3.05) is 0 Å². The first-order valence-corrected chi connectivity index (χ1v) is 6.76. The van der Waals surface area contributed by atoms with Gasteiger partial charge in [0.05, 0.1) is 5.69 Å². The molecule has 0 spiro atoms. The Morgan fingerprint density at radius 3 is 2.30 bits per heavy atom. The summed E-state index contributed by atoms with van der Waals surface area (Å²) in [4.78, 5) is 14.9. The highest BCUT2D eigenvalue weighted by Gasteiger charge is 2.15. The molecular formula is C18H17NO. The molecule has 0 radical (unpaired) electrons. The van der Waals surface area contributed by atoms with Crippen LogP contribution in [0.15, 0.2) is 36.4 Å². The van der Waals surface area contributed by atoms with Crippen molar-refractivity contribution in [3.05, 3.63) is 58.7 Å². The van der Waals surface area contributed by atoms with Crippen molar-refractivity contribution in [3.8, 4) is 11.3 Å².